The average molecular weight is 209 g/mol. The maximum Gasteiger partial charge on any atom is 0.319 e. The molecule has 4 nitrogen and oxygen atoms in total. The van der Waals surface area contributed by atoms with Gasteiger partial charge in [-0.25, -0.2) is 4.98 Å². The Morgan fingerprint density at radius 2 is 1.67 bits per heavy atom. The molecule has 0 bridgehead atoms. The van der Waals surface area contributed by atoms with Crippen LogP contribution < -0.4 is 4.74 Å². The highest BCUT2D eigenvalue weighted by Crippen LogP contribution is 2.05. The molecule has 0 aliphatic heterocycles. The Morgan fingerprint density at radius 3 is 2.40 bits per heavy atom. The number of aromatic nitrogens is 3. The lowest BCUT2D eigenvalue weighted by molar-refractivity contribution is 0.280. The van der Waals surface area contributed by atoms with Gasteiger partial charge in [0.05, 0.1) is 6.61 Å². The second-order valence-corrected chi connectivity index (χ2v) is 3.54. The first-order chi connectivity index (χ1) is 7.43. The van der Waals surface area contributed by atoms with E-state index in [4.69, 9.17) is 4.74 Å². The monoisotopic (exact) mass is 209 g/mol. The third kappa shape index (κ3) is 5.99. The molecule has 0 atom stereocenters. The van der Waals surface area contributed by atoms with Crippen LogP contribution in [0, 0.1) is 0 Å². The number of hydrogen-bond donors (Lipinski definition) is 0. The zero-order chi connectivity index (χ0) is 10.8. The van der Waals surface area contributed by atoms with Gasteiger partial charge in [0.25, 0.3) is 0 Å². The van der Waals surface area contributed by atoms with E-state index in [0.717, 1.165) is 6.42 Å². The molecule has 1 heterocycles. The summed E-state index contributed by atoms with van der Waals surface area (Å²) in [6.45, 7) is 2.93. The van der Waals surface area contributed by atoms with Crippen LogP contribution >= 0.6 is 0 Å². The normalized spacial score (nSPS) is 10.2. The van der Waals surface area contributed by atoms with Crippen LogP contribution in [0.2, 0.25) is 0 Å². The van der Waals surface area contributed by atoms with Crippen molar-refractivity contribution in [3.8, 4) is 6.01 Å². The molecular weight excluding hydrogens is 190 g/mol. The molecule has 0 unspecified atom stereocenters. The highest BCUT2D eigenvalue weighted by atomic mass is 16.5. The van der Waals surface area contributed by atoms with Gasteiger partial charge in [0.15, 0.2) is 0 Å². The first-order valence-electron chi connectivity index (χ1n) is 5.68. The largest absolute Gasteiger partial charge is 0.463 e. The third-order valence-corrected chi connectivity index (χ3v) is 2.20. The van der Waals surface area contributed by atoms with E-state index in [1.165, 1.54) is 44.8 Å². The fourth-order valence-corrected chi connectivity index (χ4v) is 1.35. The van der Waals surface area contributed by atoms with Crippen molar-refractivity contribution in [2.45, 2.75) is 45.4 Å². The second kappa shape index (κ2) is 8.15. The fraction of sp³-hybridized carbons (Fsp3) is 0.727. The number of nitrogens with zero attached hydrogens (tertiary/aromatic N) is 3. The van der Waals surface area contributed by atoms with Gasteiger partial charge < -0.3 is 4.74 Å². The zero-order valence-electron chi connectivity index (χ0n) is 9.35. The van der Waals surface area contributed by atoms with Crippen molar-refractivity contribution >= 4 is 0 Å². The first-order valence-corrected chi connectivity index (χ1v) is 5.68. The quantitative estimate of drug-likeness (QED) is 0.617. The van der Waals surface area contributed by atoms with Crippen LogP contribution in [0.1, 0.15) is 45.4 Å². The number of rotatable bonds is 8. The highest BCUT2D eigenvalue weighted by molar-refractivity contribution is 4.86. The molecule has 0 amide bonds. The molecule has 1 aromatic rings. The van der Waals surface area contributed by atoms with E-state index in [2.05, 4.69) is 21.9 Å². The van der Waals surface area contributed by atoms with Crippen LogP contribution in [-0.4, -0.2) is 21.6 Å². The highest BCUT2D eigenvalue weighted by Gasteiger charge is 1.95. The summed E-state index contributed by atoms with van der Waals surface area (Å²) in [6, 6.07) is 0.429. The second-order valence-electron chi connectivity index (χ2n) is 3.54. The van der Waals surface area contributed by atoms with Crippen molar-refractivity contribution < 1.29 is 4.74 Å². The number of ether oxygens (including phenoxy) is 1. The molecule has 0 aromatic carbocycles. The van der Waals surface area contributed by atoms with Gasteiger partial charge in [-0.05, 0) is 6.42 Å². The summed E-state index contributed by atoms with van der Waals surface area (Å²) >= 11 is 0. The summed E-state index contributed by atoms with van der Waals surface area (Å²) in [4.78, 5) is 11.5. The van der Waals surface area contributed by atoms with Gasteiger partial charge in [-0.15, -0.1) is 0 Å². The molecule has 0 spiro atoms. The smallest absolute Gasteiger partial charge is 0.319 e. The topological polar surface area (TPSA) is 47.9 Å². The summed E-state index contributed by atoms with van der Waals surface area (Å²) in [7, 11) is 0. The summed E-state index contributed by atoms with van der Waals surface area (Å²) in [5, 5.41) is 0. The molecule has 0 saturated carbocycles. The van der Waals surface area contributed by atoms with Crippen LogP contribution in [-0.2, 0) is 0 Å². The molecule has 15 heavy (non-hydrogen) atoms. The molecular formula is C11H19N3O. The average Bonchev–Trinajstić information content (AvgIpc) is 2.29. The molecule has 0 N–H and O–H groups in total. The lowest BCUT2D eigenvalue weighted by atomic mass is 10.1. The summed E-state index contributed by atoms with van der Waals surface area (Å²) < 4.78 is 5.35. The van der Waals surface area contributed by atoms with Crippen LogP contribution in [0.5, 0.6) is 6.01 Å². The van der Waals surface area contributed by atoms with Crippen molar-refractivity contribution in [1.82, 2.24) is 15.0 Å². The van der Waals surface area contributed by atoms with Crippen LogP contribution in [0.15, 0.2) is 12.7 Å². The van der Waals surface area contributed by atoms with E-state index >= 15 is 0 Å². The van der Waals surface area contributed by atoms with Crippen LogP contribution in [0.25, 0.3) is 0 Å². The van der Waals surface area contributed by atoms with Crippen molar-refractivity contribution in [3.05, 3.63) is 12.7 Å². The standard InChI is InChI=1S/C11H19N3O/c1-2-3-4-5-6-7-8-15-11-13-9-12-10-14-11/h9-10H,2-8H2,1H3. The fourth-order valence-electron chi connectivity index (χ4n) is 1.35. The van der Waals surface area contributed by atoms with Crippen LogP contribution in [0.4, 0.5) is 0 Å². The van der Waals surface area contributed by atoms with Gasteiger partial charge in [0, 0.05) is 0 Å². The molecule has 0 aliphatic rings. The lowest BCUT2D eigenvalue weighted by Gasteiger charge is -2.02. The molecule has 0 saturated heterocycles. The molecule has 84 valence electrons. The van der Waals surface area contributed by atoms with Gasteiger partial charge >= 0.3 is 6.01 Å². The summed E-state index contributed by atoms with van der Waals surface area (Å²) in [6.07, 6.45) is 10.5. The van der Waals surface area contributed by atoms with E-state index in [0.29, 0.717) is 12.6 Å². The van der Waals surface area contributed by atoms with E-state index in [1.54, 1.807) is 0 Å². The summed E-state index contributed by atoms with van der Waals surface area (Å²) in [5.74, 6) is 0. The minimum absolute atomic E-state index is 0.429. The van der Waals surface area contributed by atoms with Crippen molar-refractivity contribution in [1.29, 1.82) is 0 Å². The Hall–Kier alpha value is -1.19. The Balaban J connectivity index is 1.93. The van der Waals surface area contributed by atoms with E-state index in [9.17, 15) is 0 Å². The maximum absolute atomic E-state index is 5.35. The van der Waals surface area contributed by atoms with Gasteiger partial charge in [-0.3, -0.25) is 0 Å². The van der Waals surface area contributed by atoms with Gasteiger partial charge in [0.1, 0.15) is 12.7 Å². The van der Waals surface area contributed by atoms with Crippen molar-refractivity contribution in [2.24, 2.45) is 0 Å². The third-order valence-electron chi connectivity index (χ3n) is 2.20. The van der Waals surface area contributed by atoms with E-state index < -0.39 is 0 Å². The Bertz CT molecular complexity index is 241. The molecule has 0 aliphatic carbocycles. The molecule has 0 fully saturated rings. The minimum Gasteiger partial charge on any atom is -0.463 e. The zero-order valence-corrected chi connectivity index (χ0v) is 9.35. The van der Waals surface area contributed by atoms with Gasteiger partial charge in [0.2, 0.25) is 0 Å². The Morgan fingerprint density at radius 1 is 1.00 bits per heavy atom. The molecule has 0 radical (unpaired) electrons. The van der Waals surface area contributed by atoms with Gasteiger partial charge in [-0.1, -0.05) is 39.0 Å². The Labute approximate surface area is 91.1 Å². The molecule has 1 rings (SSSR count). The maximum atomic E-state index is 5.35. The lowest BCUT2D eigenvalue weighted by Crippen LogP contribution is -2.01. The van der Waals surface area contributed by atoms with Crippen LogP contribution in [0.3, 0.4) is 0 Å². The molecule has 1 aromatic heterocycles. The van der Waals surface area contributed by atoms with Crippen molar-refractivity contribution in [3.63, 3.8) is 0 Å². The van der Waals surface area contributed by atoms with Gasteiger partial charge in [-0.2, -0.15) is 9.97 Å². The number of hydrogen-bond acceptors (Lipinski definition) is 4. The Kier molecular flexibility index (Phi) is 6.45. The summed E-state index contributed by atoms with van der Waals surface area (Å²) in [5.41, 5.74) is 0. The number of unbranched alkanes of at least 4 members (excludes halogenated alkanes) is 5. The molecule has 4 heteroatoms. The predicted molar refractivity (Wildman–Crippen MR) is 58.7 cm³/mol. The minimum atomic E-state index is 0.429. The SMILES string of the molecule is CCCCCCCCOc1ncncn1. The van der Waals surface area contributed by atoms with Crippen molar-refractivity contribution in [2.75, 3.05) is 6.61 Å². The van der Waals surface area contributed by atoms with E-state index in [1.807, 2.05) is 0 Å². The van der Waals surface area contributed by atoms with E-state index in [-0.39, 0.29) is 0 Å². The first kappa shape index (κ1) is 11.9. The predicted octanol–water partition coefficient (Wildman–Crippen LogP) is 2.61.